The van der Waals surface area contributed by atoms with Gasteiger partial charge in [-0.15, -0.1) is 0 Å². The third-order valence-corrected chi connectivity index (χ3v) is 5.05. The van der Waals surface area contributed by atoms with Crippen molar-refractivity contribution >= 4 is 9.84 Å². The van der Waals surface area contributed by atoms with Crippen LogP contribution >= 0.6 is 0 Å². The van der Waals surface area contributed by atoms with Gasteiger partial charge in [-0.2, -0.15) is 0 Å². The zero-order valence-corrected chi connectivity index (χ0v) is 11.9. The highest BCUT2D eigenvalue weighted by molar-refractivity contribution is 7.91. The maximum Gasteiger partial charge on any atom is 0.150 e. The second-order valence-corrected chi connectivity index (χ2v) is 7.37. The van der Waals surface area contributed by atoms with Crippen LogP contribution in [0.15, 0.2) is 0 Å². The summed E-state index contributed by atoms with van der Waals surface area (Å²) in [7, 11) is -2.79. The predicted octanol–water partition coefficient (Wildman–Crippen LogP) is 1.07. The van der Waals surface area contributed by atoms with E-state index in [9.17, 15) is 8.42 Å². The molecule has 0 saturated carbocycles. The fraction of sp³-hybridized carbons (Fsp3) is 1.00. The van der Waals surface area contributed by atoms with Crippen molar-refractivity contribution in [3.05, 3.63) is 0 Å². The summed E-state index contributed by atoms with van der Waals surface area (Å²) in [5.74, 6) is 1.26. The number of hydrogen-bond acceptors (Lipinski definition) is 4. The smallest absolute Gasteiger partial charge is 0.150 e. The molecule has 4 nitrogen and oxygen atoms in total. The molecule has 0 aliphatic carbocycles. The highest BCUT2D eigenvalue weighted by Gasteiger charge is 2.33. The molecule has 1 rings (SSSR count). The molecule has 1 heterocycles. The van der Waals surface area contributed by atoms with Crippen LogP contribution in [-0.4, -0.2) is 45.7 Å². The summed E-state index contributed by atoms with van der Waals surface area (Å²) in [5, 5.41) is 3.38. The molecule has 1 fully saturated rings. The molecule has 0 radical (unpaired) electrons. The lowest BCUT2D eigenvalue weighted by Gasteiger charge is -2.23. The SMILES string of the molecule is CCOCC(CNC(C)C)C1CCS(=O)(=O)C1. The van der Waals surface area contributed by atoms with Crippen molar-refractivity contribution in [1.82, 2.24) is 5.32 Å². The molecule has 1 aliphatic heterocycles. The molecule has 102 valence electrons. The van der Waals surface area contributed by atoms with Crippen LogP contribution in [0.4, 0.5) is 0 Å². The lowest BCUT2D eigenvalue weighted by Crippen LogP contribution is -2.35. The monoisotopic (exact) mass is 263 g/mol. The van der Waals surface area contributed by atoms with Crippen molar-refractivity contribution in [2.24, 2.45) is 11.8 Å². The molecule has 0 aromatic rings. The van der Waals surface area contributed by atoms with Crippen LogP contribution in [0.2, 0.25) is 0 Å². The van der Waals surface area contributed by atoms with Gasteiger partial charge in [-0.25, -0.2) is 8.42 Å². The van der Waals surface area contributed by atoms with E-state index in [0.717, 1.165) is 13.0 Å². The lowest BCUT2D eigenvalue weighted by atomic mass is 9.92. The number of sulfone groups is 1. The Kier molecular flexibility index (Phi) is 5.89. The first-order valence-corrected chi connectivity index (χ1v) is 8.28. The van der Waals surface area contributed by atoms with Gasteiger partial charge in [-0.3, -0.25) is 0 Å². The van der Waals surface area contributed by atoms with Gasteiger partial charge in [0, 0.05) is 19.2 Å². The summed E-state index contributed by atoms with van der Waals surface area (Å²) in [6.07, 6.45) is 0.792. The molecule has 1 saturated heterocycles. The van der Waals surface area contributed by atoms with E-state index in [0.29, 0.717) is 36.7 Å². The molecule has 2 unspecified atom stereocenters. The number of rotatable bonds is 7. The molecule has 2 atom stereocenters. The molecule has 0 spiro atoms. The molecule has 1 aliphatic rings. The van der Waals surface area contributed by atoms with E-state index in [-0.39, 0.29) is 5.92 Å². The van der Waals surface area contributed by atoms with Gasteiger partial charge in [0.05, 0.1) is 18.1 Å². The molecule has 0 bridgehead atoms. The highest BCUT2D eigenvalue weighted by atomic mass is 32.2. The summed E-state index contributed by atoms with van der Waals surface area (Å²) in [5.41, 5.74) is 0. The third-order valence-electron chi connectivity index (χ3n) is 3.26. The zero-order valence-electron chi connectivity index (χ0n) is 11.1. The van der Waals surface area contributed by atoms with E-state index < -0.39 is 9.84 Å². The first-order chi connectivity index (χ1) is 7.94. The normalized spacial score (nSPS) is 25.3. The largest absolute Gasteiger partial charge is 0.381 e. The van der Waals surface area contributed by atoms with Crippen LogP contribution in [0, 0.1) is 11.8 Å². The molecule has 0 amide bonds. The highest BCUT2D eigenvalue weighted by Crippen LogP contribution is 2.26. The Hall–Kier alpha value is -0.130. The van der Waals surface area contributed by atoms with Crippen LogP contribution in [0.5, 0.6) is 0 Å². The van der Waals surface area contributed by atoms with Crippen molar-refractivity contribution in [1.29, 1.82) is 0 Å². The van der Waals surface area contributed by atoms with Crippen molar-refractivity contribution in [3.8, 4) is 0 Å². The van der Waals surface area contributed by atoms with Crippen LogP contribution in [0.1, 0.15) is 27.2 Å². The summed E-state index contributed by atoms with van der Waals surface area (Å²) in [6.45, 7) is 8.37. The Labute approximate surface area is 105 Å². The minimum Gasteiger partial charge on any atom is -0.381 e. The van der Waals surface area contributed by atoms with Gasteiger partial charge in [0.25, 0.3) is 0 Å². The van der Waals surface area contributed by atoms with Crippen LogP contribution < -0.4 is 5.32 Å². The average Bonchev–Trinajstić information content (AvgIpc) is 2.58. The molecule has 17 heavy (non-hydrogen) atoms. The van der Waals surface area contributed by atoms with Gasteiger partial charge < -0.3 is 10.1 Å². The second kappa shape index (κ2) is 6.71. The minimum atomic E-state index is -2.79. The molecular formula is C12H25NO3S. The van der Waals surface area contributed by atoms with Gasteiger partial charge >= 0.3 is 0 Å². The molecule has 5 heteroatoms. The van der Waals surface area contributed by atoms with Crippen LogP contribution in [0.3, 0.4) is 0 Å². The van der Waals surface area contributed by atoms with Gasteiger partial charge in [0.15, 0.2) is 9.84 Å². The maximum atomic E-state index is 11.5. The Bertz CT molecular complexity index is 314. The number of hydrogen-bond donors (Lipinski definition) is 1. The first-order valence-electron chi connectivity index (χ1n) is 6.46. The Morgan fingerprint density at radius 3 is 2.59 bits per heavy atom. The summed E-state index contributed by atoms with van der Waals surface area (Å²) in [4.78, 5) is 0. The standard InChI is InChI=1S/C12H25NO3S/c1-4-16-8-12(7-13-10(2)3)11-5-6-17(14,15)9-11/h10-13H,4-9H2,1-3H3. The van der Waals surface area contributed by atoms with Crippen molar-refractivity contribution in [3.63, 3.8) is 0 Å². The third kappa shape index (κ3) is 5.36. The summed E-state index contributed by atoms with van der Waals surface area (Å²) in [6, 6.07) is 0.428. The number of ether oxygens (including phenoxy) is 1. The quantitative estimate of drug-likeness (QED) is 0.746. The van der Waals surface area contributed by atoms with E-state index in [4.69, 9.17) is 4.74 Å². The number of nitrogens with one attached hydrogen (secondary N) is 1. The summed E-state index contributed by atoms with van der Waals surface area (Å²) >= 11 is 0. The summed E-state index contributed by atoms with van der Waals surface area (Å²) < 4.78 is 28.5. The van der Waals surface area contributed by atoms with E-state index in [1.165, 1.54) is 0 Å². The lowest BCUT2D eigenvalue weighted by molar-refractivity contribution is 0.0889. The average molecular weight is 263 g/mol. The van der Waals surface area contributed by atoms with Crippen LogP contribution in [0.25, 0.3) is 0 Å². The van der Waals surface area contributed by atoms with E-state index in [2.05, 4.69) is 19.2 Å². The predicted molar refractivity (Wildman–Crippen MR) is 69.9 cm³/mol. The van der Waals surface area contributed by atoms with Crippen molar-refractivity contribution in [2.45, 2.75) is 33.2 Å². The zero-order chi connectivity index (χ0) is 12.9. The fourth-order valence-corrected chi connectivity index (χ4v) is 4.13. The van der Waals surface area contributed by atoms with Gasteiger partial charge in [-0.05, 0) is 25.2 Å². The van der Waals surface area contributed by atoms with E-state index >= 15 is 0 Å². The fourth-order valence-electron chi connectivity index (χ4n) is 2.21. The van der Waals surface area contributed by atoms with E-state index in [1.807, 2.05) is 6.92 Å². The topological polar surface area (TPSA) is 55.4 Å². The second-order valence-electron chi connectivity index (χ2n) is 5.15. The van der Waals surface area contributed by atoms with Crippen molar-refractivity contribution in [2.75, 3.05) is 31.3 Å². The first kappa shape index (κ1) is 14.9. The Morgan fingerprint density at radius 2 is 2.12 bits per heavy atom. The molecule has 0 aromatic heterocycles. The maximum absolute atomic E-state index is 11.5. The van der Waals surface area contributed by atoms with Gasteiger partial charge in [-0.1, -0.05) is 13.8 Å². The van der Waals surface area contributed by atoms with Gasteiger partial charge in [0.2, 0.25) is 0 Å². The van der Waals surface area contributed by atoms with E-state index in [1.54, 1.807) is 0 Å². The van der Waals surface area contributed by atoms with Crippen molar-refractivity contribution < 1.29 is 13.2 Å². The van der Waals surface area contributed by atoms with Gasteiger partial charge in [0.1, 0.15) is 0 Å². The molecular weight excluding hydrogens is 238 g/mol. The minimum absolute atomic E-state index is 0.262. The Morgan fingerprint density at radius 1 is 1.41 bits per heavy atom. The Balaban J connectivity index is 2.50. The molecule has 0 aromatic carbocycles. The molecule has 1 N–H and O–H groups in total. The van der Waals surface area contributed by atoms with Crippen LogP contribution in [-0.2, 0) is 14.6 Å².